The molecule has 27 heavy (non-hydrogen) atoms. The maximum atomic E-state index is 11.4. The number of thiazole rings is 2. The van der Waals surface area contributed by atoms with Gasteiger partial charge in [-0.25, -0.2) is 14.8 Å². The van der Waals surface area contributed by atoms with Crippen LogP contribution in [0.4, 0.5) is 0 Å². The highest BCUT2D eigenvalue weighted by Gasteiger charge is 2.19. The maximum Gasteiger partial charge on any atom is 0.333 e. The molecule has 0 radical (unpaired) electrons. The summed E-state index contributed by atoms with van der Waals surface area (Å²) in [6.45, 7) is 7.57. The molecule has 1 N–H and O–H groups in total. The fraction of sp³-hybridized carbons (Fsp3) is 0.316. The smallest absolute Gasteiger partial charge is 0.333 e. The number of hydrogen-bond donors (Lipinski definition) is 1. The Hall–Kier alpha value is -2.29. The highest BCUT2D eigenvalue weighted by Crippen LogP contribution is 2.28. The van der Waals surface area contributed by atoms with Crippen molar-refractivity contribution < 1.29 is 19.4 Å². The van der Waals surface area contributed by atoms with Crippen molar-refractivity contribution in [2.45, 2.75) is 20.0 Å². The molecule has 2 aromatic heterocycles. The van der Waals surface area contributed by atoms with E-state index in [1.807, 2.05) is 17.7 Å². The Balaban J connectivity index is 2.08. The molecular formula is C19H22N2O4S2. The lowest BCUT2D eigenvalue weighted by Crippen LogP contribution is -2.19. The molecular weight excluding hydrogens is 384 g/mol. The van der Waals surface area contributed by atoms with Gasteiger partial charge < -0.3 is 14.6 Å². The molecule has 0 aromatic carbocycles. The molecule has 0 saturated heterocycles. The topological polar surface area (TPSA) is 81.5 Å². The van der Waals surface area contributed by atoms with Crippen molar-refractivity contribution >= 4 is 40.3 Å². The van der Waals surface area contributed by atoms with Crippen molar-refractivity contribution in [3.63, 3.8) is 0 Å². The van der Waals surface area contributed by atoms with Crippen molar-refractivity contribution in [3.8, 4) is 10.7 Å². The van der Waals surface area contributed by atoms with E-state index in [9.17, 15) is 9.90 Å². The molecule has 0 amide bonds. The summed E-state index contributed by atoms with van der Waals surface area (Å²) < 4.78 is 9.77. The standard InChI is InChI=1S/C19H22N2O4S2/c1-11(2)18-21-14(10-27-18)19-20-13(9-26-19)6-7-15(22)12(3)16(24-4)8-17(23)25-5/h6-10,12,15,22H,1H2,2-5H3. The van der Waals surface area contributed by atoms with E-state index in [4.69, 9.17) is 4.74 Å². The molecule has 2 heterocycles. The summed E-state index contributed by atoms with van der Waals surface area (Å²) in [5.41, 5.74) is 2.47. The number of esters is 1. The lowest BCUT2D eigenvalue weighted by atomic mass is 10.0. The fourth-order valence-corrected chi connectivity index (χ4v) is 3.69. The Morgan fingerprint density at radius 3 is 2.59 bits per heavy atom. The Morgan fingerprint density at radius 1 is 1.26 bits per heavy atom. The molecule has 0 fully saturated rings. The number of aromatic nitrogens is 2. The van der Waals surface area contributed by atoms with Gasteiger partial charge in [-0.2, -0.15) is 0 Å². The summed E-state index contributed by atoms with van der Waals surface area (Å²) in [5.74, 6) is -0.607. The van der Waals surface area contributed by atoms with Crippen LogP contribution in [0.3, 0.4) is 0 Å². The van der Waals surface area contributed by atoms with E-state index in [0.717, 1.165) is 27.0 Å². The van der Waals surface area contributed by atoms with Gasteiger partial charge in [0.2, 0.25) is 0 Å². The van der Waals surface area contributed by atoms with Gasteiger partial charge in [0.25, 0.3) is 0 Å². The van der Waals surface area contributed by atoms with Crippen LogP contribution < -0.4 is 0 Å². The SMILES string of the molecule is C=C(C)c1nc(-c2nc(C=CC(O)C(C)C(=CC(=O)OC)OC)cs2)cs1. The van der Waals surface area contributed by atoms with E-state index < -0.39 is 18.0 Å². The first kappa shape index (κ1) is 21.0. The molecule has 2 rings (SSSR count). The average Bonchev–Trinajstić information content (AvgIpc) is 3.32. The summed E-state index contributed by atoms with van der Waals surface area (Å²) in [5, 5.41) is 15.9. The second kappa shape index (κ2) is 9.59. The number of rotatable bonds is 8. The number of carbonyl (C=O) groups excluding carboxylic acids is 1. The third-order valence-electron chi connectivity index (χ3n) is 3.73. The quantitative estimate of drug-likeness (QED) is 0.405. The molecule has 2 aromatic rings. The molecule has 2 atom stereocenters. The lowest BCUT2D eigenvalue weighted by Gasteiger charge is -2.17. The molecule has 2 unspecified atom stereocenters. The van der Waals surface area contributed by atoms with Crippen LogP contribution in [0.2, 0.25) is 0 Å². The van der Waals surface area contributed by atoms with Gasteiger partial charge in [0.15, 0.2) is 0 Å². The van der Waals surface area contributed by atoms with E-state index in [1.165, 1.54) is 43.0 Å². The number of nitrogens with zero attached hydrogens (tertiary/aromatic N) is 2. The summed E-state index contributed by atoms with van der Waals surface area (Å²) in [6.07, 6.45) is 3.73. The van der Waals surface area contributed by atoms with Gasteiger partial charge in [0, 0.05) is 16.7 Å². The van der Waals surface area contributed by atoms with Gasteiger partial charge in [0.1, 0.15) is 21.5 Å². The fourth-order valence-electron chi connectivity index (χ4n) is 2.13. The molecule has 0 aliphatic heterocycles. The zero-order valence-corrected chi connectivity index (χ0v) is 17.3. The Kier molecular flexibility index (Phi) is 7.46. The number of aliphatic hydroxyl groups excluding tert-OH is 1. The molecule has 8 heteroatoms. The molecule has 6 nitrogen and oxygen atoms in total. The molecule has 0 aliphatic carbocycles. The predicted molar refractivity (Wildman–Crippen MR) is 109 cm³/mol. The largest absolute Gasteiger partial charge is 0.500 e. The third kappa shape index (κ3) is 5.59. The monoisotopic (exact) mass is 406 g/mol. The lowest BCUT2D eigenvalue weighted by molar-refractivity contribution is -0.135. The number of aliphatic hydroxyl groups is 1. The van der Waals surface area contributed by atoms with Crippen LogP contribution >= 0.6 is 22.7 Å². The zero-order chi connectivity index (χ0) is 20.0. The van der Waals surface area contributed by atoms with E-state index >= 15 is 0 Å². The second-order valence-electron chi connectivity index (χ2n) is 5.81. The minimum absolute atomic E-state index is 0.341. The summed E-state index contributed by atoms with van der Waals surface area (Å²) in [4.78, 5) is 20.4. The van der Waals surface area contributed by atoms with Crippen molar-refractivity contribution in [1.29, 1.82) is 0 Å². The van der Waals surface area contributed by atoms with Crippen molar-refractivity contribution in [3.05, 3.63) is 46.0 Å². The maximum absolute atomic E-state index is 11.4. The minimum atomic E-state index is -0.847. The van der Waals surface area contributed by atoms with Crippen molar-refractivity contribution in [1.82, 2.24) is 9.97 Å². The van der Waals surface area contributed by atoms with E-state index in [0.29, 0.717) is 5.76 Å². The van der Waals surface area contributed by atoms with Crippen molar-refractivity contribution in [2.75, 3.05) is 14.2 Å². The Labute approximate surface area is 166 Å². The van der Waals surface area contributed by atoms with Crippen LogP contribution in [0, 0.1) is 5.92 Å². The molecule has 144 valence electrons. The number of hydrogen-bond acceptors (Lipinski definition) is 8. The predicted octanol–water partition coefficient (Wildman–Crippen LogP) is 4.01. The first-order chi connectivity index (χ1) is 12.8. The zero-order valence-electron chi connectivity index (χ0n) is 15.6. The second-order valence-corrected chi connectivity index (χ2v) is 7.52. The van der Waals surface area contributed by atoms with Crippen LogP contribution in [-0.4, -0.2) is 41.4 Å². The van der Waals surface area contributed by atoms with Gasteiger partial charge in [-0.3, -0.25) is 0 Å². The summed E-state index contributed by atoms with van der Waals surface area (Å²) in [7, 11) is 2.73. The summed E-state index contributed by atoms with van der Waals surface area (Å²) >= 11 is 3.02. The first-order valence-electron chi connectivity index (χ1n) is 8.12. The molecule has 0 saturated carbocycles. The van der Waals surface area contributed by atoms with E-state index in [1.54, 1.807) is 19.1 Å². The van der Waals surface area contributed by atoms with E-state index in [2.05, 4.69) is 21.3 Å². The van der Waals surface area contributed by atoms with Crippen molar-refractivity contribution in [2.24, 2.45) is 5.92 Å². The summed E-state index contributed by atoms with van der Waals surface area (Å²) in [6, 6.07) is 0. The minimum Gasteiger partial charge on any atom is -0.500 e. The van der Waals surface area contributed by atoms with Crippen LogP contribution in [-0.2, 0) is 14.3 Å². The first-order valence-corrected chi connectivity index (χ1v) is 9.88. The molecule has 0 spiro atoms. The highest BCUT2D eigenvalue weighted by atomic mass is 32.1. The number of allylic oxidation sites excluding steroid dienone is 1. The van der Waals surface area contributed by atoms with Crippen LogP contribution in [0.15, 0.2) is 35.3 Å². The van der Waals surface area contributed by atoms with Gasteiger partial charge in [-0.1, -0.05) is 19.6 Å². The van der Waals surface area contributed by atoms with Gasteiger partial charge in [0.05, 0.1) is 32.1 Å². The molecule has 0 bridgehead atoms. The average molecular weight is 407 g/mol. The van der Waals surface area contributed by atoms with Gasteiger partial charge >= 0.3 is 5.97 Å². The van der Waals surface area contributed by atoms with Crippen LogP contribution in [0.5, 0.6) is 0 Å². The Morgan fingerprint density at radius 2 is 2.00 bits per heavy atom. The molecule has 0 aliphatic rings. The number of carbonyl (C=O) groups is 1. The van der Waals surface area contributed by atoms with Gasteiger partial charge in [-0.05, 0) is 18.6 Å². The van der Waals surface area contributed by atoms with Gasteiger partial charge in [-0.15, -0.1) is 22.7 Å². The van der Waals surface area contributed by atoms with E-state index in [-0.39, 0.29) is 0 Å². The highest BCUT2D eigenvalue weighted by molar-refractivity contribution is 7.14. The van der Waals surface area contributed by atoms with Crippen LogP contribution in [0.1, 0.15) is 24.5 Å². The number of ether oxygens (including phenoxy) is 2. The normalized spacial score (nSPS) is 14.2. The third-order valence-corrected chi connectivity index (χ3v) is 5.62. The van der Waals surface area contributed by atoms with Crippen LogP contribution in [0.25, 0.3) is 22.4 Å². The Bertz CT molecular complexity index is 867. The number of methoxy groups -OCH3 is 2.